The van der Waals surface area contributed by atoms with Gasteiger partial charge in [0.05, 0.1) is 29.2 Å². The van der Waals surface area contributed by atoms with E-state index < -0.39 is 0 Å². The molecular formula is C38H54FN6OPS. The van der Waals surface area contributed by atoms with Gasteiger partial charge < -0.3 is 20.3 Å². The van der Waals surface area contributed by atoms with Gasteiger partial charge in [-0.3, -0.25) is 0 Å². The van der Waals surface area contributed by atoms with E-state index in [4.69, 9.17) is 20.4 Å². The summed E-state index contributed by atoms with van der Waals surface area (Å²) in [5, 5.41) is 12.3. The lowest BCUT2D eigenvalue weighted by Gasteiger charge is -2.22. The summed E-state index contributed by atoms with van der Waals surface area (Å²) in [6.07, 6.45) is 9.14. The number of halogens is 1. The van der Waals surface area contributed by atoms with Gasteiger partial charge in [-0.1, -0.05) is 52.7 Å². The third-order valence-corrected chi connectivity index (χ3v) is 11.1. The van der Waals surface area contributed by atoms with Crippen LogP contribution in [-0.4, -0.2) is 48.1 Å². The van der Waals surface area contributed by atoms with E-state index >= 15 is 4.39 Å². The van der Waals surface area contributed by atoms with E-state index in [0.29, 0.717) is 40.1 Å². The minimum absolute atomic E-state index is 0.311. The van der Waals surface area contributed by atoms with Crippen molar-refractivity contribution < 1.29 is 9.13 Å². The maximum Gasteiger partial charge on any atom is 0.225 e. The zero-order valence-corrected chi connectivity index (χ0v) is 32.1. The Hall–Kier alpha value is -2.89. The molecule has 2 aliphatic rings. The third-order valence-electron chi connectivity index (χ3n) is 9.48. The number of ether oxygens (including phenoxy) is 1. The molecule has 0 radical (unpaired) electrons. The van der Waals surface area contributed by atoms with E-state index in [9.17, 15) is 5.26 Å². The van der Waals surface area contributed by atoms with Gasteiger partial charge in [-0.05, 0) is 87.2 Å². The van der Waals surface area contributed by atoms with Crippen molar-refractivity contribution in [1.82, 2.24) is 14.9 Å². The SMILES string of the molecule is C/C=C(/F)c1sc(N)c(C#N)c1/C(=C(\C)CC)c1c2c(c3cnc(N4CCC(C)C4)nc3c1P)COC2.CCC[C@@H](C)CN(C)CCC. The molecule has 5 rings (SSSR count). The summed E-state index contributed by atoms with van der Waals surface area (Å²) in [6.45, 7) is 20.1. The normalized spacial score (nSPS) is 17.3. The molecule has 260 valence electrons. The summed E-state index contributed by atoms with van der Waals surface area (Å²) in [5.41, 5.74) is 12.9. The largest absolute Gasteiger partial charge is 0.389 e. The molecule has 0 spiro atoms. The lowest BCUT2D eigenvalue weighted by molar-refractivity contribution is 0.135. The van der Waals surface area contributed by atoms with Crippen molar-refractivity contribution in [1.29, 1.82) is 5.26 Å². The van der Waals surface area contributed by atoms with Crippen LogP contribution in [0.15, 0.2) is 17.8 Å². The second-order valence-corrected chi connectivity index (χ2v) is 15.1. The van der Waals surface area contributed by atoms with Gasteiger partial charge in [0.1, 0.15) is 16.9 Å². The second kappa shape index (κ2) is 17.2. The number of hydrogen-bond donors (Lipinski definition) is 1. The van der Waals surface area contributed by atoms with Crippen molar-refractivity contribution in [2.24, 2.45) is 11.8 Å². The average Bonchev–Trinajstić information content (AvgIpc) is 3.81. The van der Waals surface area contributed by atoms with E-state index in [1.807, 2.05) is 13.1 Å². The Morgan fingerprint density at radius 1 is 1.27 bits per heavy atom. The maximum absolute atomic E-state index is 15.2. The number of nitriles is 1. The Morgan fingerprint density at radius 3 is 2.60 bits per heavy atom. The average molecular weight is 693 g/mol. The fourth-order valence-corrected chi connectivity index (χ4v) is 8.47. The number of nitrogens with zero attached hydrogens (tertiary/aromatic N) is 5. The van der Waals surface area contributed by atoms with Gasteiger partial charge in [-0.25, -0.2) is 14.4 Å². The van der Waals surface area contributed by atoms with Crippen LogP contribution in [0, 0.1) is 23.2 Å². The first-order chi connectivity index (χ1) is 23.0. The fourth-order valence-electron chi connectivity index (χ4n) is 6.94. The monoisotopic (exact) mass is 692 g/mol. The first-order valence-electron chi connectivity index (χ1n) is 17.5. The number of aromatic nitrogens is 2. The summed E-state index contributed by atoms with van der Waals surface area (Å²) in [7, 11) is 5.10. The minimum Gasteiger partial charge on any atom is -0.389 e. The molecule has 48 heavy (non-hydrogen) atoms. The standard InChI is InChI=1S/C28H31FN5OPS.C10H23N/c1-5-15(4)21(23-16(9-30)27(31)37-26(23)20(29)6-2)22-19-13-35-12-18(19)17-10-32-28(33-24(17)25(22)36)34-8-7-14(3)11-34;1-5-7-10(3)9-11(4)8-6-2/h6,10,14H,5,7-8,11-13,31,36H2,1-4H3;10H,5-9H2,1-4H3/b20-6+,21-15+;/t;10-/m.1/s1. The Kier molecular flexibility index (Phi) is 13.6. The van der Waals surface area contributed by atoms with Gasteiger partial charge in [0.25, 0.3) is 0 Å². The molecule has 3 aromatic rings. The van der Waals surface area contributed by atoms with Crippen molar-refractivity contribution in [2.75, 3.05) is 43.9 Å². The molecule has 0 bridgehead atoms. The van der Waals surface area contributed by atoms with Crippen LogP contribution < -0.4 is 15.9 Å². The molecule has 1 saturated heterocycles. The lowest BCUT2D eigenvalue weighted by Crippen LogP contribution is -2.24. The highest BCUT2D eigenvalue weighted by atomic mass is 32.1. The van der Waals surface area contributed by atoms with E-state index in [-0.39, 0.29) is 5.83 Å². The molecule has 3 atom stereocenters. The molecule has 2 N–H and O–H groups in total. The first-order valence-corrected chi connectivity index (χ1v) is 18.9. The number of hydrogen-bond acceptors (Lipinski definition) is 8. The summed E-state index contributed by atoms with van der Waals surface area (Å²) in [4.78, 5) is 14.8. The van der Waals surface area contributed by atoms with Crippen LogP contribution in [-0.2, 0) is 18.0 Å². The van der Waals surface area contributed by atoms with Crippen molar-refractivity contribution in [3.8, 4) is 6.07 Å². The molecule has 0 amide bonds. The van der Waals surface area contributed by atoms with E-state index in [2.05, 4.69) is 66.8 Å². The van der Waals surface area contributed by atoms with Gasteiger partial charge in [-0.15, -0.1) is 20.6 Å². The fraction of sp³-hybridized carbons (Fsp3) is 0.553. The molecule has 2 aromatic heterocycles. The van der Waals surface area contributed by atoms with Crippen molar-refractivity contribution in [3.05, 3.63) is 50.5 Å². The molecule has 7 nitrogen and oxygen atoms in total. The highest BCUT2D eigenvalue weighted by Crippen LogP contribution is 2.46. The number of anilines is 2. The van der Waals surface area contributed by atoms with Crippen LogP contribution in [0.25, 0.3) is 22.3 Å². The Labute approximate surface area is 293 Å². The number of benzene rings is 1. The maximum atomic E-state index is 15.2. The number of nitrogens with two attached hydrogens (primary N) is 1. The predicted molar refractivity (Wildman–Crippen MR) is 205 cm³/mol. The van der Waals surface area contributed by atoms with Crippen LogP contribution in [0.3, 0.4) is 0 Å². The topological polar surface area (TPSA) is 91.3 Å². The van der Waals surface area contributed by atoms with Crippen LogP contribution >= 0.6 is 20.6 Å². The van der Waals surface area contributed by atoms with Gasteiger partial charge in [-0.2, -0.15) is 5.26 Å². The molecule has 2 aliphatic heterocycles. The lowest BCUT2D eigenvalue weighted by atomic mass is 9.85. The van der Waals surface area contributed by atoms with Crippen LogP contribution in [0.1, 0.15) is 113 Å². The van der Waals surface area contributed by atoms with Crippen LogP contribution in [0.2, 0.25) is 0 Å². The highest BCUT2D eigenvalue weighted by molar-refractivity contribution is 7.28. The zero-order chi connectivity index (χ0) is 35.1. The second-order valence-electron chi connectivity index (χ2n) is 13.5. The number of rotatable bonds is 11. The van der Waals surface area contributed by atoms with Gasteiger partial charge in [0.15, 0.2) is 0 Å². The van der Waals surface area contributed by atoms with Crippen molar-refractivity contribution in [2.45, 2.75) is 93.8 Å². The first kappa shape index (κ1) is 37.9. The van der Waals surface area contributed by atoms with E-state index in [0.717, 1.165) is 93.2 Å². The molecule has 10 heteroatoms. The number of thiophene rings is 1. The Morgan fingerprint density at radius 2 is 2.00 bits per heavy atom. The van der Waals surface area contributed by atoms with Gasteiger partial charge in [0, 0.05) is 42.1 Å². The molecule has 1 fully saturated rings. The Balaban J connectivity index is 0.000000408. The molecular weight excluding hydrogens is 638 g/mol. The molecule has 0 saturated carbocycles. The molecule has 0 aliphatic carbocycles. The zero-order valence-electron chi connectivity index (χ0n) is 30.2. The third kappa shape index (κ3) is 8.11. The number of fused-ring (bicyclic) bond motifs is 3. The molecule has 1 aromatic carbocycles. The summed E-state index contributed by atoms with van der Waals surface area (Å²) in [5.74, 6) is 1.81. The van der Waals surface area contributed by atoms with E-state index in [1.165, 1.54) is 38.4 Å². The van der Waals surface area contributed by atoms with Crippen molar-refractivity contribution >= 4 is 59.1 Å². The van der Waals surface area contributed by atoms with Crippen LogP contribution in [0.5, 0.6) is 0 Å². The Bertz CT molecular complexity index is 1700. The van der Waals surface area contributed by atoms with Gasteiger partial charge in [0.2, 0.25) is 5.95 Å². The quantitative estimate of drug-likeness (QED) is 0.201. The summed E-state index contributed by atoms with van der Waals surface area (Å²) in [6, 6.07) is 2.25. The van der Waals surface area contributed by atoms with Crippen molar-refractivity contribution in [3.63, 3.8) is 0 Å². The summed E-state index contributed by atoms with van der Waals surface area (Å²) < 4.78 is 21.2. The van der Waals surface area contributed by atoms with Gasteiger partial charge >= 0.3 is 0 Å². The smallest absolute Gasteiger partial charge is 0.225 e. The molecule has 2 unspecified atom stereocenters. The number of nitrogen functional groups attached to an aromatic ring is 1. The molecule has 4 heterocycles. The minimum atomic E-state index is -0.388. The summed E-state index contributed by atoms with van der Waals surface area (Å²) >= 11 is 1.12. The predicted octanol–water partition coefficient (Wildman–Crippen LogP) is 8.85. The highest BCUT2D eigenvalue weighted by Gasteiger charge is 2.31. The van der Waals surface area contributed by atoms with Crippen LogP contribution in [0.4, 0.5) is 15.3 Å². The number of allylic oxidation sites excluding steroid dienone is 2. The van der Waals surface area contributed by atoms with E-state index in [1.54, 1.807) is 6.92 Å².